The molecule has 5 rings (SSSR count). The maximum Gasteiger partial charge on any atom is 0.257 e. The molecule has 1 aromatic carbocycles. The van der Waals surface area contributed by atoms with Crippen molar-refractivity contribution in [2.24, 2.45) is 0 Å². The predicted octanol–water partition coefficient (Wildman–Crippen LogP) is 3.12. The van der Waals surface area contributed by atoms with E-state index in [2.05, 4.69) is 37.1 Å². The molecule has 1 aliphatic heterocycles. The lowest BCUT2D eigenvalue weighted by molar-refractivity contribution is 0.102. The second kappa shape index (κ2) is 8.16. The number of carbonyl (C=O) groups excluding carboxylic acids is 1. The smallest absolute Gasteiger partial charge is 0.257 e. The standard InChI is InChI=1S/C23H24FN7O/c1-15-13-31-14-16(12-18(24)22(31)27-15)28-23(32)17-4-5-19(21-20(17)25-6-7-26-21)30-9-3-8-29(2)10-11-30/h4-7,12-14H,3,8-11H2,1-2H3,(H,28,32). The number of hydrogen-bond acceptors (Lipinski definition) is 6. The quantitative estimate of drug-likeness (QED) is 0.535. The molecule has 0 saturated carbocycles. The number of carbonyl (C=O) groups is 1. The van der Waals surface area contributed by atoms with Crippen molar-refractivity contribution in [3.8, 4) is 0 Å². The topological polar surface area (TPSA) is 78.7 Å². The summed E-state index contributed by atoms with van der Waals surface area (Å²) >= 11 is 0. The molecule has 4 heterocycles. The molecule has 1 amide bonds. The third-order valence-corrected chi connectivity index (χ3v) is 5.79. The summed E-state index contributed by atoms with van der Waals surface area (Å²) in [7, 11) is 2.13. The molecule has 0 radical (unpaired) electrons. The number of aromatic nitrogens is 4. The van der Waals surface area contributed by atoms with Crippen LogP contribution in [-0.2, 0) is 0 Å². The number of aryl methyl sites for hydroxylation is 1. The highest BCUT2D eigenvalue weighted by Gasteiger charge is 2.20. The molecule has 0 spiro atoms. The second-order valence-corrected chi connectivity index (χ2v) is 8.17. The minimum absolute atomic E-state index is 0.226. The number of nitrogens with one attached hydrogen (secondary N) is 1. The molecule has 8 nitrogen and oxygen atoms in total. The van der Waals surface area contributed by atoms with Gasteiger partial charge in [0, 0.05) is 50.5 Å². The van der Waals surface area contributed by atoms with Crippen LogP contribution in [0.3, 0.4) is 0 Å². The summed E-state index contributed by atoms with van der Waals surface area (Å²) in [6.07, 6.45) is 7.64. The molecule has 4 aromatic rings. The number of halogens is 1. The van der Waals surface area contributed by atoms with Crippen LogP contribution in [0.4, 0.5) is 15.8 Å². The molecule has 0 atom stereocenters. The van der Waals surface area contributed by atoms with Crippen molar-refractivity contribution in [3.05, 3.63) is 60.1 Å². The Morgan fingerprint density at radius 3 is 2.72 bits per heavy atom. The largest absolute Gasteiger partial charge is 0.368 e. The predicted molar refractivity (Wildman–Crippen MR) is 122 cm³/mol. The molecule has 1 N–H and O–H groups in total. The molecule has 1 saturated heterocycles. The third-order valence-electron chi connectivity index (χ3n) is 5.79. The number of imidazole rings is 1. The Morgan fingerprint density at radius 1 is 1.06 bits per heavy atom. The minimum Gasteiger partial charge on any atom is -0.368 e. The molecule has 9 heteroatoms. The van der Waals surface area contributed by atoms with Gasteiger partial charge in [-0.05, 0) is 39.1 Å². The van der Waals surface area contributed by atoms with Crippen LogP contribution in [-0.4, -0.2) is 63.4 Å². The molecular formula is C23H24FN7O. The van der Waals surface area contributed by atoms with Crippen molar-refractivity contribution < 1.29 is 9.18 Å². The van der Waals surface area contributed by atoms with Gasteiger partial charge in [0.2, 0.25) is 0 Å². The first-order valence-electron chi connectivity index (χ1n) is 10.6. The summed E-state index contributed by atoms with van der Waals surface area (Å²) in [5.74, 6) is -0.865. The lowest BCUT2D eigenvalue weighted by Crippen LogP contribution is -2.29. The van der Waals surface area contributed by atoms with Crippen LogP contribution in [0.25, 0.3) is 16.7 Å². The van der Waals surface area contributed by atoms with Gasteiger partial charge in [-0.25, -0.2) is 9.37 Å². The molecule has 0 bridgehead atoms. The van der Waals surface area contributed by atoms with Crippen LogP contribution < -0.4 is 10.2 Å². The molecule has 0 aliphatic carbocycles. The van der Waals surface area contributed by atoms with Gasteiger partial charge in [-0.1, -0.05) is 0 Å². The van der Waals surface area contributed by atoms with Gasteiger partial charge in [-0.2, -0.15) is 0 Å². The van der Waals surface area contributed by atoms with Crippen LogP contribution in [0.5, 0.6) is 0 Å². The van der Waals surface area contributed by atoms with Gasteiger partial charge in [0.1, 0.15) is 11.0 Å². The van der Waals surface area contributed by atoms with Crippen molar-refractivity contribution >= 4 is 34.0 Å². The second-order valence-electron chi connectivity index (χ2n) is 8.17. The number of rotatable bonds is 3. The molecule has 1 fully saturated rings. The fourth-order valence-electron chi connectivity index (χ4n) is 4.21. The van der Waals surface area contributed by atoms with Gasteiger partial charge < -0.3 is 19.5 Å². The van der Waals surface area contributed by atoms with Gasteiger partial charge in [-0.3, -0.25) is 14.8 Å². The Labute approximate surface area is 184 Å². The summed E-state index contributed by atoms with van der Waals surface area (Å²) in [5, 5.41) is 2.79. The van der Waals surface area contributed by atoms with E-state index >= 15 is 0 Å². The van der Waals surface area contributed by atoms with Crippen LogP contribution in [0.15, 0.2) is 43.0 Å². The number of amides is 1. The lowest BCUT2D eigenvalue weighted by atomic mass is 10.1. The van der Waals surface area contributed by atoms with Crippen LogP contribution in [0.1, 0.15) is 22.5 Å². The zero-order valence-corrected chi connectivity index (χ0v) is 18.0. The van der Waals surface area contributed by atoms with Crippen molar-refractivity contribution in [1.29, 1.82) is 0 Å². The highest BCUT2D eigenvalue weighted by molar-refractivity contribution is 6.13. The number of likely N-dealkylation sites (N-methyl/N-ethyl adjacent to an activating group) is 1. The summed E-state index contributed by atoms with van der Waals surface area (Å²) in [6, 6.07) is 4.97. The SMILES string of the molecule is Cc1cn2cc(NC(=O)c3ccc(N4CCCN(C)CC4)c4nccnc34)cc(F)c2n1. The average Bonchev–Trinajstić information content (AvgIpc) is 3.02. The fraction of sp³-hybridized carbons (Fsp3) is 0.304. The average molecular weight is 433 g/mol. The van der Waals surface area contributed by atoms with Crippen molar-refractivity contribution in [2.75, 3.05) is 43.4 Å². The maximum atomic E-state index is 14.4. The van der Waals surface area contributed by atoms with Crippen LogP contribution in [0.2, 0.25) is 0 Å². The highest BCUT2D eigenvalue weighted by atomic mass is 19.1. The molecule has 0 unspecified atom stereocenters. The number of hydrogen-bond donors (Lipinski definition) is 1. The lowest BCUT2D eigenvalue weighted by Gasteiger charge is -2.24. The normalized spacial score (nSPS) is 15.3. The van der Waals surface area contributed by atoms with E-state index in [1.165, 1.54) is 6.07 Å². The van der Waals surface area contributed by atoms with Crippen LogP contribution in [0, 0.1) is 12.7 Å². The Bertz CT molecular complexity index is 1320. The summed E-state index contributed by atoms with van der Waals surface area (Å²) < 4.78 is 16.0. The van der Waals surface area contributed by atoms with E-state index in [0.717, 1.165) is 38.3 Å². The summed E-state index contributed by atoms with van der Waals surface area (Å²) in [4.78, 5) is 30.9. The zero-order valence-electron chi connectivity index (χ0n) is 18.0. The first-order chi connectivity index (χ1) is 15.5. The van der Waals surface area contributed by atoms with Crippen molar-refractivity contribution in [2.45, 2.75) is 13.3 Å². The molecule has 32 heavy (non-hydrogen) atoms. The van der Waals surface area contributed by atoms with Gasteiger partial charge in [-0.15, -0.1) is 0 Å². The van der Waals surface area contributed by atoms with Gasteiger partial charge in [0.15, 0.2) is 11.5 Å². The Morgan fingerprint density at radius 2 is 1.88 bits per heavy atom. The van der Waals surface area contributed by atoms with Gasteiger partial charge >= 0.3 is 0 Å². The number of anilines is 2. The fourth-order valence-corrected chi connectivity index (χ4v) is 4.21. The minimum atomic E-state index is -0.498. The van der Waals surface area contributed by atoms with E-state index in [0.29, 0.717) is 28.0 Å². The summed E-state index contributed by atoms with van der Waals surface area (Å²) in [6.45, 7) is 5.62. The van der Waals surface area contributed by atoms with Crippen molar-refractivity contribution in [1.82, 2.24) is 24.3 Å². The molecule has 3 aromatic heterocycles. The van der Waals surface area contributed by atoms with E-state index in [4.69, 9.17) is 0 Å². The third kappa shape index (κ3) is 3.75. The van der Waals surface area contributed by atoms with E-state index < -0.39 is 5.82 Å². The van der Waals surface area contributed by atoms with E-state index in [9.17, 15) is 9.18 Å². The maximum absolute atomic E-state index is 14.4. The van der Waals surface area contributed by atoms with E-state index in [1.807, 2.05) is 6.07 Å². The number of pyridine rings is 1. The van der Waals surface area contributed by atoms with Crippen LogP contribution >= 0.6 is 0 Å². The zero-order chi connectivity index (χ0) is 22.2. The van der Waals surface area contributed by atoms with Crippen molar-refractivity contribution in [3.63, 3.8) is 0 Å². The Hall–Kier alpha value is -3.59. The molecule has 1 aliphatic rings. The van der Waals surface area contributed by atoms with E-state index in [1.54, 1.807) is 42.2 Å². The Kier molecular flexibility index (Phi) is 5.18. The monoisotopic (exact) mass is 433 g/mol. The van der Waals surface area contributed by atoms with E-state index in [-0.39, 0.29) is 11.6 Å². The number of benzene rings is 1. The first-order valence-corrected chi connectivity index (χ1v) is 10.6. The Balaban J connectivity index is 1.49. The number of nitrogens with zero attached hydrogens (tertiary/aromatic N) is 6. The molecular weight excluding hydrogens is 409 g/mol. The summed E-state index contributed by atoms with van der Waals surface area (Å²) in [5.41, 5.74) is 3.85. The van der Waals surface area contributed by atoms with Gasteiger partial charge in [0.25, 0.3) is 5.91 Å². The first kappa shape index (κ1) is 20.3. The van der Waals surface area contributed by atoms with Gasteiger partial charge in [0.05, 0.1) is 22.6 Å². The highest BCUT2D eigenvalue weighted by Crippen LogP contribution is 2.28. The molecule has 164 valence electrons. The number of fused-ring (bicyclic) bond motifs is 2.